The van der Waals surface area contributed by atoms with Crippen LogP contribution in [0.15, 0.2) is 36.8 Å². The van der Waals surface area contributed by atoms with Gasteiger partial charge < -0.3 is 16.0 Å². The molecule has 1 aromatic carbocycles. The van der Waals surface area contributed by atoms with Gasteiger partial charge in [0.1, 0.15) is 4.88 Å². The molecule has 0 aliphatic carbocycles. The highest BCUT2D eigenvalue weighted by Gasteiger charge is 2.15. The summed E-state index contributed by atoms with van der Waals surface area (Å²) in [4.78, 5) is 20.1. The number of hydrogen-bond donors (Lipinski definition) is 4. The second-order valence-electron chi connectivity index (χ2n) is 7.75. The van der Waals surface area contributed by atoms with Crippen molar-refractivity contribution in [2.75, 3.05) is 43.4 Å². The van der Waals surface area contributed by atoms with Crippen LogP contribution in [0.4, 0.5) is 16.6 Å². The smallest absolute Gasteiger partial charge is 0.267 e. The molecule has 166 valence electrons. The van der Waals surface area contributed by atoms with E-state index in [9.17, 15) is 4.79 Å². The third-order valence-electron chi connectivity index (χ3n) is 5.53. The summed E-state index contributed by atoms with van der Waals surface area (Å²) in [5.74, 6) is 0.513. The lowest BCUT2D eigenvalue weighted by Gasteiger charge is -2.26. The zero-order valence-corrected chi connectivity index (χ0v) is 18.6. The van der Waals surface area contributed by atoms with Gasteiger partial charge >= 0.3 is 0 Å². The standard InChI is InChI=1S/C21H25N9OS/c1-14-2-3-16-15(12-24-27-16)19(14)26-20(31)17-13-23-21(32-17)25-18-4-7-30(28-18)11-10-29-8-5-22-6-9-29/h2-4,7,12-13,22H,5-6,8-11H2,1H3,(H,24,27)(H,26,31)(H,23,25,28). The number of aromatic amines is 1. The quantitative estimate of drug-likeness (QED) is 0.341. The number of anilines is 3. The Bertz CT molecular complexity index is 1220. The number of H-pyrrole nitrogens is 1. The Morgan fingerprint density at radius 1 is 1.19 bits per heavy atom. The van der Waals surface area contributed by atoms with Crippen molar-refractivity contribution >= 4 is 44.8 Å². The van der Waals surface area contributed by atoms with Crippen LogP contribution in [0, 0.1) is 6.92 Å². The Morgan fingerprint density at radius 3 is 2.94 bits per heavy atom. The molecule has 3 aromatic heterocycles. The molecule has 0 unspecified atom stereocenters. The molecule has 4 aromatic rings. The molecule has 1 saturated heterocycles. The Kier molecular flexibility index (Phi) is 5.84. The summed E-state index contributed by atoms with van der Waals surface area (Å²) in [5, 5.41) is 22.6. The van der Waals surface area contributed by atoms with Crippen molar-refractivity contribution in [3.8, 4) is 0 Å². The van der Waals surface area contributed by atoms with E-state index in [1.165, 1.54) is 11.3 Å². The molecule has 0 atom stereocenters. The predicted octanol–water partition coefficient (Wildman–Crippen LogP) is 2.43. The van der Waals surface area contributed by atoms with Crippen LogP contribution < -0.4 is 16.0 Å². The van der Waals surface area contributed by atoms with Gasteiger partial charge in [0.05, 0.1) is 30.1 Å². The fourth-order valence-corrected chi connectivity index (χ4v) is 4.46. The summed E-state index contributed by atoms with van der Waals surface area (Å²) in [6, 6.07) is 5.82. The van der Waals surface area contributed by atoms with E-state index in [-0.39, 0.29) is 5.91 Å². The number of carbonyl (C=O) groups excluding carboxylic acids is 1. The van der Waals surface area contributed by atoms with Gasteiger partial charge in [-0.25, -0.2) is 4.98 Å². The molecule has 1 aliphatic rings. The molecule has 5 rings (SSSR count). The van der Waals surface area contributed by atoms with E-state index in [0.29, 0.717) is 15.8 Å². The van der Waals surface area contributed by atoms with E-state index >= 15 is 0 Å². The SMILES string of the molecule is Cc1ccc2[nH]ncc2c1NC(=O)c1cnc(Nc2ccn(CCN3CCNCC3)n2)s1. The van der Waals surface area contributed by atoms with Gasteiger partial charge in [0.2, 0.25) is 0 Å². The first-order valence-corrected chi connectivity index (χ1v) is 11.4. The minimum absolute atomic E-state index is 0.200. The third kappa shape index (κ3) is 4.49. The van der Waals surface area contributed by atoms with Crippen molar-refractivity contribution in [3.05, 3.63) is 47.2 Å². The molecular weight excluding hydrogens is 426 g/mol. The van der Waals surface area contributed by atoms with Crippen molar-refractivity contribution in [1.82, 2.24) is 35.2 Å². The summed E-state index contributed by atoms with van der Waals surface area (Å²) < 4.78 is 1.93. The van der Waals surface area contributed by atoms with Gasteiger partial charge in [0, 0.05) is 50.4 Å². The number of piperazine rings is 1. The Hall–Kier alpha value is -3.28. The lowest BCUT2D eigenvalue weighted by atomic mass is 10.1. The molecule has 0 radical (unpaired) electrons. The lowest BCUT2D eigenvalue weighted by molar-refractivity contribution is 0.103. The summed E-state index contributed by atoms with van der Waals surface area (Å²) in [6.45, 7) is 8.01. The van der Waals surface area contributed by atoms with Gasteiger partial charge in [-0.3, -0.25) is 19.5 Å². The molecule has 1 amide bonds. The highest BCUT2D eigenvalue weighted by molar-refractivity contribution is 7.17. The number of benzene rings is 1. The fraction of sp³-hybridized carbons (Fsp3) is 0.333. The molecule has 4 N–H and O–H groups in total. The van der Waals surface area contributed by atoms with E-state index < -0.39 is 0 Å². The van der Waals surface area contributed by atoms with Crippen LogP contribution in [0.5, 0.6) is 0 Å². The zero-order chi connectivity index (χ0) is 21.9. The molecule has 4 heterocycles. The minimum atomic E-state index is -0.200. The summed E-state index contributed by atoms with van der Waals surface area (Å²) in [7, 11) is 0. The molecule has 32 heavy (non-hydrogen) atoms. The largest absolute Gasteiger partial charge is 0.320 e. The van der Waals surface area contributed by atoms with Gasteiger partial charge in [-0.15, -0.1) is 0 Å². The van der Waals surface area contributed by atoms with Crippen molar-refractivity contribution in [3.63, 3.8) is 0 Å². The predicted molar refractivity (Wildman–Crippen MR) is 126 cm³/mol. The van der Waals surface area contributed by atoms with Gasteiger partial charge in [-0.2, -0.15) is 10.2 Å². The molecule has 0 bridgehead atoms. The number of amides is 1. The first-order valence-electron chi connectivity index (χ1n) is 10.6. The molecule has 10 nitrogen and oxygen atoms in total. The average molecular weight is 452 g/mol. The number of rotatable bonds is 7. The van der Waals surface area contributed by atoms with Crippen molar-refractivity contribution in [2.45, 2.75) is 13.5 Å². The highest BCUT2D eigenvalue weighted by Crippen LogP contribution is 2.28. The lowest BCUT2D eigenvalue weighted by Crippen LogP contribution is -2.44. The van der Waals surface area contributed by atoms with Crippen molar-refractivity contribution in [2.24, 2.45) is 0 Å². The Labute approximate surface area is 189 Å². The van der Waals surface area contributed by atoms with E-state index in [1.807, 2.05) is 36.0 Å². The maximum Gasteiger partial charge on any atom is 0.267 e. The highest BCUT2D eigenvalue weighted by atomic mass is 32.1. The third-order valence-corrected chi connectivity index (χ3v) is 6.44. The normalized spacial score (nSPS) is 14.7. The molecule has 0 saturated carbocycles. The fourth-order valence-electron chi connectivity index (χ4n) is 3.75. The van der Waals surface area contributed by atoms with Crippen LogP contribution in [0.1, 0.15) is 15.2 Å². The van der Waals surface area contributed by atoms with Gasteiger partial charge in [-0.05, 0) is 18.6 Å². The van der Waals surface area contributed by atoms with Gasteiger partial charge in [0.25, 0.3) is 5.91 Å². The minimum Gasteiger partial charge on any atom is -0.320 e. The van der Waals surface area contributed by atoms with E-state index in [2.05, 4.69) is 41.1 Å². The van der Waals surface area contributed by atoms with E-state index in [0.717, 1.165) is 61.4 Å². The maximum absolute atomic E-state index is 12.8. The second-order valence-corrected chi connectivity index (χ2v) is 8.78. The van der Waals surface area contributed by atoms with Crippen molar-refractivity contribution < 1.29 is 4.79 Å². The van der Waals surface area contributed by atoms with Crippen LogP contribution >= 0.6 is 11.3 Å². The summed E-state index contributed by atoms with van der Waals surface area (Å²) in [5.41, 5.74) is 2.61. The van der Waals surface area contributed by atoms with E-state index in [1.54, 1.807) is 12.4 Å². The number of aryl methyl sites for hydroxylation is 1. The zero-order valence-electron chi connectivity index (χ0n) is 17.8. The Morgan fingerprint density at radius 2 is 2.06 bits per heavy atom. The van der Waals surface area contributed by atoms with Crippen LogP contribution in [-0.4, -0.2) is 68.5 Å². The number of carbonyl (C=O) groups is 1. The number of hydrogen-bond acceptors (Lipinski definition) is 8. The van der Waals surface area contributed by atoms with Crippen molar-refractivity contribution in [1.29, 1.82) is 0 Å². The molecule has 1 fully saturated rings. The van der Waals surface area contributed by atoms with Crippen LogP contribution in [0.2, 0.25) is 0 Å². The average Bonchev–Trinajstić information content (AvgIpc) is 3.56. The van der Waals surface area contributed by atoms with Crippen LogP contribution in [0.25, 0.3) is 10.9 Å². The number of fused-ring (bicyclic) bond motifs is 1. The summed E-state index contributed by atoms with van der Waals surface area (Å²) in [6.07, 6.45) is 5.25. The maximum atomic E-state index is 12.8. The van der Waals surface area contributed by atoms with E-state index in [4.69, 9.17) is 0 Å². The van der Waals surface area contributed by atoms with Crippen LogP contribution in [-0.2, 0) is 6.54 Å². The van der Waals surface area contributed by atoms with Crippen LogP contribution in [0.3, 0.4) is 0 Å². The number of thiazole rings is 1. The molecular formula is C21H25N9OS. The monoisotopic (exact) mass is 451 g/mol. The molecule has 11 heteroatoms. The number of nitrogens with one attached hydrogen (secondary N) is 4. The Balaban J connectivity index is 1.20. The second kappa shape index (κ2) is 9.07. The molecule has 0 spiro atoms. The first-order chi connectivity index (χ1) is 15.7. The molecule has 1 aliphatic heterocycles. The number of nitrogens with zero attached hydrogens (tertiary/aromatic N) is 5. The summed E-state index contributed by atoms with van der Waals surface area (Å²) >= 11 is 1.29. The number of aromatic nitrogens is 5. The first kappa shape index (κ1) is 20.6. The topological polar surface area (TPSA) is 116 Å². The van der Waals surface area contributed by atoms with Gasteiger partial charge in [0.15, 0.2) is 10.9 Å². The van der Waals surface area contributed by atoms with Gasteiger partial charge in [-0.1, -0.05) is 17.4 Å².